The summed E-state index contributed by atoms with van der Waals surface area (Å²) in [5, 5.41) is 20.6. The standard InChI is InChI=1S/C13H16N4O3/c1-3-9(8-12(18)19)17-13(14-15-16-17)10-6-4-5-7-11(10)20-2/h4-7,9H,3,8H2,1-2H3,(H,18,19). The number of methoxy groups -OCH3 is 1. The van der Waals surface area contributed by atoms with Crippen LogP contribution in [0.2, 0.25) is 0 Å². The monoisotopic (exact) mass is 276 g/mol. The van der Waals surface area contributed by atoms with Crippen LogP contribution in [0, 0.1) is 0 Å². The number of benzene rings is 1. The average molecular weight is 276 g/mol. The summed E-state index contributed by atoms with van der Waals surface area (Å²) >= 11 is 0. The van der Waals surface area contributed by atoms with Crippen molar-refractivity contribution in [3.63, 3.8) is 0 Å². The number of hydrogen-bond donors (Lipinski definition) is 1. The molecule has 0 aliphatic rings. The van der Waals surface area contributed by atoms with E-state index in [0.717, 1.165) is 5.56 Å². The SMILES string of the molecule is CCC(CC(=O)O)n1nnnc1-c1ccccc1OC. The van der Waals surface area contributed by atoms with Gasteiger partial charge in [0, 0.05) is 0 Å². The smallest absolute Gasteiger partial charge is 0.305 e. The van der Waals surface area contributed by atoms with Gasteiger partial charge < -0.3 is 9.84 Å². The van der Waals surface area contributed by atoms with Crippen LogP contribution in [-0.4, -0.2) is 38.4 Å². The van der Waals surface area contributed by atoms with Gasteiger partial charge in [0.15, 0.2) is 5.82 Å². The van der Waals surface area contributed by atoms with E-state index in [1.165, 1.54) is 0 Å². The molecule has 1 N–H and O–H groups in total. The van der Waals surface area contributed by atoms with Crippen molar-refractivity contribution in [3.8, 4) is 17.1 Å². The quantitative estimate of drug-likeness (QED) is 0.864. The third-order valence-corrected chi connectivity index (χ3v) is 3.07. The number of para-hydroxylation sites is 1. The summed E-state index contributed by atoms with van der Waals surface area (Å²) in [4.78, 5) is 10.9. The van der Waals surface area contributed by atoms with Crippen LogP contribution in [0.25, 0.3) is 11.4 Å². The summed E-state index contributed by atoms with van der Waals surface area (Å²) in [6.45, 7) is 1.90. The molecule has 2 rings (SSSR count). The summed E-state index contributed by atoms with van der Waals surface area (Å²) in [6, 6.07) is 7.07. The number of rotatable bonds is 6. The van der Waals surface area contributed by atoms with Gasteiger partial charge in [0.25, 0.3) is 0 Å². The first kappa shape index (κ1) is 14.0. The van der Waals surface area contributed by atoms with Crippen molar-refractivity contribution < 1.29 is 14.6 Å². The number of carbonyl (C=O) groups is 1. The van der Waals surface area contributed by atoms with Crippen molar-refractivity contribution in [2.75, 3.05) is 7.11 Å². The van der Waals surface area contributed by atoms with Crippen LogP contribution in [-0.2, 0) is 4.79 Å². The minimum Gasteiger partial charge on any atom is -0.496 e. The highest BCUT2D eigenvalue weighted by Crippen LogP contribution is 2.30. The number of aliphatic carboxylic acids is 1. The lowest BCUT2D eigenvalue weighted by atomic mass is 10.1. The number of ether oxygens (including phenoxy) is 1. The Morgan fingerprint density at radius 2 is 2.20 bits per heavy atom. The van der Waals surface area contributed by atoms with E-state index < -0.39 is 5.97 Å². The molecule has 0 bridgehead atoms. The Labute approximate surface area is 116 Å². The van der Waals surface area contributed by atoms with E-state index >= 15 is 0 Å². The van der Waals surface area contributed by atoms with Crippen molar-refractivity contribution in [1.82, 2.24) is 20.2 Å². The molecule has 0 radical (unpaired) electrons. The van der Waals surface area contributed by atoms with Crippen LogP contribution in [0.15, 0.2) is 24.3 Å². The Morgan fingerprint density at radius 1 is 1.45 bits per heavy atom. The molecule has 1 aromatic carbocycles. The molecule has 106 valence electrons. The van der Waals surface area contributed by atoms with Gasteiger partial charge in [-0.1, -0.05) is 19.1 Å². The van der Waals surface area contributed by atoms with E-state index in [-0.39, 0.29) is 12.5 Å². The first-order valence-corrected chi connectivity index (χ1v) is 6.30. The number of aromatic nitrogens is 4. The lowest BCUT2D eigenvalue weighted by Gasteiger charge is -2.15. The second-order valence-corrected chi connectivity index (χ2v) is 4.31. The zero-order chi connectivity index (χ0) is 14.5. The third kappa shape index (κ3) is 2.76. The van der Waals surface area contributed by atoms with Crippen LogP contribution in [0.1, 0.15) is 25.8 Å². The van der Waals surface area contributed by atoms with Gasteiger partial charge in [-0.25, -0.2) is 4.68 Å². The predicted octanol–water partition coefficient (Wildman–Crippen LogP) is 1.77. The molecule has 7 nitrogen and oxygen atoms in total. The summed E-state index contributed by atoms with van der Waals surface area (Å²) in [6.07, 6.45) is 0.600. The van der Waals surface area contributed by atoms with Crippen LogP contribution >= 0.6 is 0 Å². The van der Waals surface area contributed by atoms with E-state index in [4.69, 9.17) is 9.84 Å². The maximum absolute atomic E-state index is 10.9. The van der Waals surface area contributed by atoms with Gasteiger partial charge in [-0.05, 0) is 29.0 Å². The summed E-state index contributed by atoms with van der Waals surface area (Å²) < 4.78 is 6.84. The Morgan fingerprint density at radius 3 is 2.85 bits per heavy atom. The van der Waals surface area contributed by atoms with E-state index in [0.29, 0.717) is 18.0 Å². The van der Waals surface area contributed by atoms with Crippen molar-refractivity contribution in [2.45, 2.75) is 25.8 Å². The highest BCUT2D eigenvalue weighted by molar-refractivity contribution is 5.68. The molecule has 0 aliphatic heterocycles. The van der Waals surface area contributed by atoms with E-state index in [1.54, 1.807) is 11.8 Å². The highest BCUT2D eigenvalue weighted by atomic mass is 16.5. The molecule has 2 aromatic rings. The van der Waals surface area contributed by atoms with E-state index in [2.05, 4.69) is 15.5 Å². The van der Waals surface area contributed by atoms with Crippen molar-refractivity contribution >= 4 is 5.97 Å². The molecule has 0 aliphatic carbocycles. The molecule has 20 heavy (non-hydrogen) atoms. The average Bonchev–Trinajstić information content (AvgIpc) is 2.93. The second kappa shape index (κ2) is 6.14. The molecule has 7 heteroatoms. The van der Waals surface area contributed by atoms with Gasteiger partial charge in [0.05, 0.1) is 25.1 Å². The molecule has 0 amide bonds. The summed E-state index contributed by atoms with van der Waals surface area (Å²) in [5.41, 5.74) is 0.740. The van der Waals surface area contributed by atoms with Gasteiger partial charge in [0.2, 0.25) is 0 Å². The fourth-order valence-corrected chi connectivity index (χ4v) is 2.05. The van der Waals surface area contributed by atoms with Gasteiger partial charge in [-0.3, -0.25) is 4.79 Å². The molecule has 1 aromatic heterocycles. The van der Waals surface area contributed by atoms with E-state index in [1.807, 2.05) is 31.2 Å². The van der Waals surface area contributed by atoms with Gasteiger partial charge in [-0.15, -0.1) is 5.10 Å². The molecule has 1 heterocycles. The molecule has 0 saturated carbocycles. The molecule has 0 saturated heterocycles. The predicted molar refractivity (Wildman–Crippen MR) is 71.4 cm³/mol. The Bertz CT molecular complexity index is 597. The largest absolute Gasteiger partial charge is 0.496 e. The number of carboxylic acids is 1. The first-order chi connectivity index (χ1) is 9.67. The number of hydrogen-bond acceptors (Lipinski definition) is 5. The van der Waals surface area contributed by atoms with Crippen LogP contribution in [0.5, 0.6) is 5.75 Å². The Balaban J connectivity index is 2.44. The lowest BCUT2D eigenvalue weighted by Crippen LogP contribution is -2.15. The van der Waals surface area contributed by atoms with Gasteiger partial charge in [-0.2, -0.15) is 0 Å². The zero-order valence-electron chi connectivity index (χ0n) is 11.4. The third-order valence-electron chi connectivity index (χ3n) is 3.07. The minimum atomic E-state index is -0.877. The normalized spacial score (nSPS) is 12.1. The van der Waals surface area contributed by atoms with Crippen molar-refractivity contribution in [3.05, 3.63) is 24.3 Å². The second-order valence-electron chi connectivity index (χ2n) is 4.31. The molecule has 1 atom stereocenters. The summed E-state index contributed by atoms with van der Waals surface area (Å²) in [7, 11) is 1.57. The topological polar surface area (TPSA) is 90.1 Å². The maximum atomic E-state index is 10.9. The molecule has 0 fully saturated rings. The highest BCUT2D eigenvalue weighted by Gasteiger charge is 2.21. The number of nitrogens with zero attached hydrogens (tertiary/aromatic N) is 4. The fourth-order valence-electron chi connectivity index (χ4n) is 2.05. The van der Waals surface area contributed by atoms with Crippen molar-refractivity contribution in [1.29, 1.82) is 0 Å². The zero-order valence-corrected chi connectivity index (χ0v) is 11.4. The molecular formula is C13H16N4O3. The number of carboxylic acid groups (broad SMARTS) is 1. The molecule has 1 unspecified atom stereocenters. The van der Waals surface area contributed by atoms with Gasteiger partial charge >= 0.3 is 5.97 Å². The van der Waals surface area contributed by atoms with E-state index in [9.17, 15) is 4.79 Å². The fraction of sp³-hybridized carbons (Fsp3) is 0.385. The summed E-state index contributed by atoms with van der Waals surface area (Å²) in [5.74, 6) is 0.280. The lowest BCUT2D eigenvalue weighted by molar-refractivity contribution is -0.138. The van der Waals surface area contributed by atoms with Gasteiger partial charge in [0.1, 0.15) is 5.75 Å². The molecule has 0 spiro atoms. The maximum Gasteiger partial charge on any atom is 0.305 e. The Kier molecular flexibility index (Phi) is 4.29. The first-order valence-electron chi connectivity index (χ1n) is 6.30. The number of tetrazole rings is 1. The van der Waals surface area contributed by atoms with Crippen LogP contribution < -0.4 is 4.74 Å². The molecular weight excluding hydrogens is 260 g/mol. The minimum absolute atomic E-state index is 0.0241. The Hall–Kier alpha value is -2.44. The van der Waals surface area contributed by atoms with Crippen molar-refractivity contribution in [2.24, 2.45) is 0 Å². The van der Waals surface area contributed by atoms with Crippen LogP contribution in [0.4, 0.5) is 0 Å². The van der Waals surface area contributed by atoms with Crippen LogP contribution in [0.3, 0.4) is 0 Å².